The lowest BCUT2D eigenvalue weighted by Gasteiger charge is -2.35. The Bertz CT molecular complexity index is 390. The molecule has 3 N–H and O–H groups in total. The molecule has 0 saturated carbocycles. The number of likely N-dealkylation sites (N-methyl/N-ethyl adjacent to an activating group) is 1. The third-order valence-corrected chi connectivity index (χ3v) is 3.12. The number of anilines is 2. The fourth-order valence-corrected chi connectivity index (χ4v) is 2.21. The molecule has 0 spiro atoms. The van der Waals surface area contributed by atoms with Crippen LogP contribution in [0.3, 0.4) is 0 Å². The van der Waals surface area contributed by atoms with Crippen molar-refractivity contribution in [3.8, 4) is 0 Å². The van der Waals surface area contributed by atoms with Gasteiger partial charge in [0.15, 0.2) is 0 Å². The van der Waals surface area contributed by atoms with Crippen LogP contribution >= 0.6 is 0 Å². The largest absolute Gasteiger partial charge is 0.397 e. The van der Waals surface area contributed by atoms with Crippen LogP contribution in [0.1, 0.15) is 19.3 Å². The molecule has 0 aliphatic carbocycles. The van der Waals surface area contributed by atoms with Crippen LogP contribution in [0, 0.1) is 0 Å². The van der Waals surface area contributed by atoms with Gasteiger partial charge >= 0.3 is 0 Å². The standard InChI is InChI=1S/C12H18N4O/c1-14-12(17)10-4-2-3-7-16(10)11-6-5-9(13)8-15-11/h5-6,8,10H,2-4,7,13H2,1H3,(H,14,17). The molecule has 1 saturated heterocycles. The first kappa shape index (κ1) is 11.7. The number of carbonyl (C=O) groups is 1. The maximum absolute atomic E-state index is 11.8. The van der Waals surface area contributed by atoms with E-state index in [4.69, 9.17) is 5.73 Å². The van der Waals surface area contributed by atoms with Gasteiger partial charge in [0, 0.05) is 13.6 Å². The Morgan fingerprint density at radius 2 is 2.35 bits per heavy atom. The van der Waals surface area contributed by atoms with E-state index in [1.54, 1.807) is 13.2 Å². The first-order valence-corrected chi connectivity index (χ1v) is 5.92. The van der Waals surface area contributed by atoms with E-state index in [0.717, 1.165) is 31.6 Å². The molecule has 2 rings (SSSR count). The van der Waals surface area contributed by atoms with Crippen LogP contribution in [0.2, 0.25) is 0 Å². The van der Waals surface area contributed by atoms with Crippen LogP contribution < -0.4 is 16.0 Å². The lowest BCUT2D eigenvalue weighted by atomic mass is 10.0. The van der Waals surface area contributed by atoms with Crippen molar-refractivity contribution < 1.29 is 4.79 Å². The predicted molar refractivity (Wildman–Crippen MR) is 67.7 cm³/mol. The van der Waals surface area contributed by atoms with Crippen molar-refractivity contribution in [3.05, 3.63) is 18.3 Å². The molecule has 17 heavy (non-hydrogen) atoms. The smallest absolute Gasteiger partial charge is 0.242 e. The van der Waals surface area contributed by atoms with E-state index in [2.05, 4.69) is 15.2 Å². The minimum atomic E-state index is -0.107. The number of nitrogens with two attached hydrogens (primary N) is 1. The molecular formula is C12H18N4O. The van der Waals surface area contributed by atoms with E-state index < -0.39 is 0 Å². The molecule has 1 fully saturated rings. The zero-order valence-electron chi connectivity index (χ0n) is 10.0. The van der Waals surface area contributed by atoms with E-state index in [0.29, 0.717) is 5.69 Å². The maximum Gasteiger partial charge on any atom is 0.242 e. The van der Waals surface area contributed by atoms with Crippen LogP contribution in [0.15, 0.2) is 18.3 Å². The zero-order chi connectivity index (χ0) is 12.3. The quantitative estimate of drug-likeness (QED) is 0.793. The van der Waals surface area contributed by atoms with Crippen molar-refractivity contribution in [2.45, 2.75) is 25.3 Å². The summed E-state index contributed by atoms with van der Waals surface area (Å²) in [5.41, 5.74) is 6.26. The number of nitrogens with one attached hydrogen (secondary N) is 1. The molecule has 0 radical (unpaired) electrons. The molecule has 0 aromatic carbocycles. The second-order valence-electron chi connectivity index (χ2n) is 4.27. The van der Waals surface area contributed by atoms with Gasteiger partial charge in [0.2, 0.25) is 5.91 Å². The van der Waals surface area contributed by atoms with Crippen LogP contribution in [0.25, 0.3) is 0 Å². The molecule has 1 aromatic heterocycles. The molecule has 1 aliphatic rings. The van der Waals surface area contributed by atoms with E-state index >= 15 is 0 Å². The predicted octanol–water partition coefficient (Wildman–Crippen LogP) is 0.769. The topological polar surface area (TPSA) is 71.2 Å². The van der Waals surface area contributed by atoms with E-state index in [9.17, 15) is 4.79 Å². The minimum absolute atomic E-state index is 0.0586. The first-order chi connectivity index (χ1) is 8.22. The van der Waals surface area contributed by atoms with Gasteiger partial charge in [0.05, 0.1) is 11.9 Å². The van der Waals surface area contributed by atoms with E-state index in [-0.39, 0.29) is 11.9 Å². The normalized spacial score (nSPS) is 20.1. The average Bonchev–Trinajstić information content (AvgIpc) is 2.39. The van der Waals surface area contributed by atoms with E-state index in [1.165, 1.54) is 0 Å². The molecule has 1 atom stereocenters. The summed E-state index contributed by atoms with van der Waals surface area (Å²) in [6.45, 7) is 0.870. The summed E-state index contributed by atoms with van der Waals surface area (Å²) >= 11 is 0. The van der Waals surface area contributed by atoms with Gasteiger partial charge in [-0.05, 0) is 31.4 Å². The Labute approximate surface area is 101 Å². The van der Waals surface area contributed by atoms with Crippen molar-refractivity contribution >= 4 is 17.4 Å². The zero-order valence-corrected chi connectivity index (χ0v) is 10.0. The van der Waals surface area contributed by atoms with Crippen molar-refractivity contribution in [2.75, 3.05) is 24.2 Å². The fourth-order valence-electron chi connectivity index (χ4n) is 2.21. The number of pyridine rings is 1. The SMILES string of the molecule is CNC(=O)C1CCCCN1c1ccc(N)cn1. The maximum atomic E-state index is 11.8. The third kappa shape index (κ3) is 2.49. The average molecular weight is 234 g/mol. The highest BCUT2D eigenvalue weighted by Crippen LogP contribution is 2.23. The number of hydrogen-bond donors (Lipinski definition) is 2. The van der Waals surface area contributed by atoms with Crippen molar-refractivity contribution in [3.63, 3.8) is 0 Å². The van der Waals surface area contributed by atoms with Crippen molar-refractivity contribution in [1.29, 1.82) is 0 Å². The van der Waals surface area contributed by atoms with Crippen LogP contribution in [0.5, 0.6) is 0 Å². The molecule has 1 amide bonds. The summed E-state index contributed by atoms with van der Waals surface area (Å²) in [6.07, 6.45) is 4.69. The number of aromatic nitrogens is 1. The van der Waals surface area contributed by atoms with Crippen LogP contribution in [0.4, 0.5) is 11.5 Å². The molecular weight excluding hydrogens is 216 g/mol. The van der Waals surface area contributed by atoms with Gasteiger partial charge in [-0.2, -0.15) is 0 Å². The number of amides is 1. The number of hydrogen-bond acceptors (Lipinski definition) is 4. The molecule has 1 aliphatic heterocycles. The summed E-state index contributed by atoms with van der Waals surface area (Å²) in [5, 5.41) is 2.71. The summed E-state index contributed by atoms with van der Waals surface area (Å²) in [4.78, 5) is 18.2. The van der Waals surface area contributed by atoms with E-state index in [1.807, 2.05) is 12.1 Å². The van der Waals surface area contributed by atoms with Gasteiger partial charge in [0.1, 0.15) is 11.9 Å². The first-order valence-electron chi connectivity index (χ1n) is 5.92. The Morgan fingerprint density at radius 1 is 1.53 bits per heavy atom. The molecule has 1 aromatic rings. The van der Waals surface area contributed by atoms with Crippen LogP contribution in [-0.4, -0.2) is 30.5 Å². The Balaban J connectivity index is 2.21. The second-order valence-corrected chi connectivity index (χ2v) is 4.27. The molecule has 2 heterocycles. The van der Waals surface area contributed by atoms with Crippen LogP contribution in [-0.2, 0) is 4.79 Å². The fraction of sp³-hybridized carbons (Fsp3) is 0.500. The highest BCUT2D eigenvalue weighted by Gasteiger charge is 2.28. The molecule has 92 valence electrons. The van der Waals surface area contributed by atoms with Gasteiger partial charge < -0.3 is 16.0 Å². The number of piperidine rings is 1. The Kier molecular flexibility index (Phi) is 3.46. The highest BCUT2D eigenvalue weighted by atomic mass is 16.2. The summed E-state index contributed by atoms with van der Waals surface area (Å²) in [6, 6.07) is 3.58. The van der Waals surface area contributed by atoms with Crippen molar-refractivity contribution in [1.82, 2.24) is 10.3 Å². The Morgan fingerprint density at radius 3 is 3.00 bits per heavy atom. The second kappa shape index (κ2) is 5.03. The summed E-state index contributed by atoms with van der Waals surface area (Å²) in [5.74, 6) is 0.885. The molecule has 0 bridgehead atoms. The molecule has 1 unspecified atom stereocenters. The summed E-state index contributed by atoms with van der Waals surface area (Å²) in [7, 11) is 1.67. The lowest BCUT2D eigenvalue weighted by molar-refractivity contribution is -0.122. The van der Waals surface area contributed by atoms with Gasteiger partial charge in [-0.25, -0.2) is 4.98 Å². The Hall–Kier alpha value is -1.78. The lowest BCUT2D eigenvalue weighted by Crippen LogP contribution is -2.49. The third-order valence-electron chi connectivity index (χ3n) is 3.12. The van der Waals surface area contributed by atoms with Gasteiger partial charge in [-0.1, -0.05) is 0 Å². The number of rotatable bonds is 2. The monoisotopic (exact) mass is 234 g/mol. The van der Waals surface area contributed by atoms with Crippen molar-refractivity contribution in [2.24, 2.45) is 0 Å². The van der Waals surface area contributed by atoms with Gasteiger partial charge in [-0.15, -0.1) is 0 Å². The number of nitrogen functional groups attached to an aromatic ring is 1. The molecule has 5 nitrogen and oxygen atoms in total. The highest BCUT2D eigenvalue weighted by molar-refractivity contribution is 5.84. The summed E-state index contributed by atoms with van der Waals surface area (Å²) < 4.78 is 0. The molecule has 5 heteroatoms. The van der Waals surface area contributed by atoms with Gasteiger partial charge in [0.25, 0.3) is 0 Å². The number of carbonyl (C=O) groups excluding carboxylic acids is 1. The van der Waals surface area contributed by atoms with Gasteiger partial charge in [-0.3, -0.25) is 4.79 Å². The number of nitrogens with zero attached hydrogens (tertiary/aromatic N) is 2. The minimum Gasteiger partial charge on any atom is -0.397 e.